The number of rotatable bonds is 9. The van der Waals surface area contributed by atoms with Gasteiger partial charge in [-0.05, 0) is 55.0 Å². The van der Waals surface area contributed by atoms with Crippen LogP contribution in [0.5, 0.6) is 5.75 Å². The van der Waals surface area contributed by atoms with E-state index in [1.165, 1.54) is 46.8 Å². The molecule has 10 nitrogen and oxygen atoms in total. The van der Waals surface area contributed by atoms with Gasteiger partial charge < -0.3 is 15.2 Å². The number of hydrogen-bond donors (Lipinski definition) is 2. The number of carboxylic acids is 1. The van der Waals surface area contributed by atoms with E-state index < -0.39 is 40.7 Å². The molecule has 3 aromatic carbocycles. The van der Waals surface area contributed by atoms with Crippen LogP contribution in [0.4, 0.5) is 14.5 Å². The van der Waals surface area contributed by atoms with Gasteiger partial charge in [-0.3, -0.25) is 14.2 Å². The third-order valence-electron chi connectivity index (χ3n) is 6.87. The summed E-state index contributed by atoms with van der Waals surface area (Å²) >= 11 is 6.35. The molecule has 0 aliphatic heterocycles. The molecule has 0 saturated carbocycles. The standard InChI is InChI=1S/C31H24ClF2N5O5/c1-3-26(30(41)35-20-8-9-21(31(42)43)24(34)13-20)38-16-28(44-2)23(14-29(38)40)22-12-18(32)7-10-27(22)39-15-25(36-37-39)17-5-4-6-19(33)11-17/h4-16,26H,3H2,1-2H3,(H,35,41)(H,42,43). The minimum absolute atomic E-state index is 0.0293. The molecule has 0 aliphatic rings. The van der Waals surface area contributed by atoms with Crippen LogP contribution in [0.1, 0.15) is 29.7 Å². The van der Waals surface area contributed by atoms with Gasteiger partial charge in [0.15, 0.2) is 0 Å². The molecule has 0 spiro atoms. The van der Waals surface area contributed by atoms with Gasteiger partial charge in [-0.15, -0.1) is 5.10 Å². The molecule has 224 valence electrons. The first kappa shape index (κ1) is 30.1. The van der Waals surface area contributed by atoms with Crippen LogP contribution in [0.15, 0.2) is 83.9 Å². The van der Waals surface area contributed by atoms with Crippen LogP contribution in [0.25, 0.3) is 28.1 Å². The van der Waals surface area contributed by atoms with Crippen molar-refractivity contribution in [1.29, 1.82) is 0 Å². The van der Waals surface area contributed by atoms with Crippen molar-refractivity contribution in [2.24, 2.45) is 0 Å². The van der Waals surface area contributed by atoms with E-state index in [4.69, 9.17) is 21.4 Å². The summed E-state index contributed by atoms with van der Waals surface area (Å²) in [5.74, 6) is -3.26. The molecule has 13 heteroatoms. The predicted molar refractivity (Wildman–Crippen MR) is 159 cm³/mol. The Bertz CT molecular complexity index is 1960. The molecule has 0 saturated heterocycles. The molecule has 2 aromatic heterocycles. The Morgan fingerprint density at radius 3 is 2.52 bits per heavy atom. The van der Waals surface area contributed by atoms with Crippen LogP contribution in [0.2, 0.25) is 5.02 Å². The molecule has 0 bridgehead atoms. The fraction of sp³-hybridized carbons (Fsp3) is 0.129. The molecule has 5 aromatic rings. The van der Waals surface area contributed by atoms with E-state index in [2.05, 4.69) is 15.6 Å². The average molecular weight is 620 g/mol. The Balaban J connectivity index is 1.51. The van der Waals surface area contributed by atoms with E-state index in [1.807, 2.05) is 0 Å². The van der Waals surface area contributed by atoms with Gasteiger partial charge in [-0.1, -0.05) is 35.9 Å². The first-order valence-corrected chi connectivity index (χ1v) is 13.6. The molecule has 1 unspecified atom stereocenters. The van der Waals surface area contributed by atoms with Gasteiger partial charge in [-0.25, -0.2) is 18.3 Å². The quantitative estimate of drug-likeness (QED) is 0.207. The maximum absolute atomic E-state index is 14.2. The van der Waals surface area contributed by atoms with Crippen LogP contribution in [-0.4, -0.2) is 43.7 Å². The lowest BCUT2D eigenvalue weighted by atomic mass is 10.0. The lowest BCUT2D eigenvalue weighted by Crippen LogP contribution is -2.32. The minimum atomic E-state index is -1.44. The summed E-state index contributed by atoms with van der Waals surface area (Å²) in [6.45, 7) is 1.70. The van der Waals surface area contributed by atoms with Crippen molar-refractivity contribution < 1.29 is 28.2 Å². The first-order valence-electron chi connectivity index (χ1n) is 13.2. The van der Waals surface area contributed by atoms with Gasteiger partial charge in [0.2, 0.25) is 5.91 Å². The number of benzene rings is 3. The smallest absolute Gasteiger partial charge is 0.338 e. The van der Waals surface area contributed by atoms with E-state index >= 15 is 0 Å². The fourth-order valence-electron chi connectivity index (χ4n) is 4.73. The maximum atomic E-state index is 14.2. The van der Waals surface area contributed by atoms with E-state index in [-0.39, 0.29) is 17.9 Å². The zero-order valence-electron chi connectivity index (χ0n) is 23.3. The van der Waals surface area contributed by atoms with Crippen molar-refractivity contribution >= 4 is 29.2 Å². The van der Waals surface area contributed by atoms with Crippen LogP contribution in [0, 0.1) is 11.6 Å². The largest absolute Gasteiger partial charge is 0.495 e. The van der Waals surface area contributed by atoms with Crippen LogP contribution in [0.3, 0.4) is 0 Å². The van der Waals surface area contributed by atoms with Gasteiger partial charge in [0, 0.05) is 33.5 Å². The number of aromatic carboxylic acids is 1. The van der Waals surface area contributed by atoms with Crippen molar-refractivity contribution in [3.05, 3.63) is 112 Å². The number of nitrogens with zero attached hydrogens (tertiary/aromatic N) is 4. The summed E-state index contributed by atoms with van der Waals surface area (Å²) in [5.41, 5.74) is 1.22. The molecule has 0 aliphatic carbocycles. The van der Waals surface area contributed by atoms with Gasteiger partial charge in [0.1, 0.15) is 29.1 Å². The molecular formula is C31H24ClF2N5O5. The van der Waals surface area contributed by atoms with Crippen LogP contribution >= 0.6 is 11.6 Å². The molecule has 44 heavy (non-hydrogen) atoms. The Hall–Kier alpha value is -5.36. The molecule has 0 radical (unpaired) electrons. The molecule has 5 rings (SSSR count). The minimum Gasteiger partial charge on any atom is -0.495 e. The number of ether oxygens (including phenoxy) is 1. The second kappa shape index (κ2) is 12.5. The number of nitrogens with one attached hydrogen (secondary N) is 1. The summed E-state index contributed by atoms with van der Waals surface area (Å²) in [6, 6.07) is 14.3. The highest BCUT2D eigenvalue weighted by atomic mass is 35.5. The Kier molecular flexibility index (Phi) is 8.54. The van der Waals surface area contributed by atoms with Gasteiger partial charge in [-0.2, -0.15) is 0 Å². The third-order valence-corrected chi connectivity index (χ3v) is 7.10. The Morgan fingerprint density at radius 1 is 1.05 bits per heavy atom. The van der Waals surface area contributed by atoms with Crippen molar-refractivity contribution in [3.8, 4) is 33.8 Å². The highest BCUT2D eigenvalue weighted by Crippen LogP contribution is 2.36. The number of amides is 1. The highest BCUT2D eigenvalue weighted by Gasteiger charge is 2.24. The number of carbonyl (C=O) groups excluding carboxylic acids is 1. The number of hydrogen-bond acceptors (Lipinski definition) is 6. The van der Waals surface area contributed by atoms with Gasteiger partial charge in [0.05, 0.1) is 30.8 Å². The fourth-order valence-corrected chi connectivity index (χ4v) is 4.90. The molecule has 2 heterocycles. The van der Waals surface area contributed by atoms with E-state index in [9.17, 15) is 23.2 Å². The SMILES string of the molecule is CCC(C(=O)Nc1ccc(C(=O)O)c(F)c1)n1cc(OC)c(-c2cc(Cl)ccc2-n2cc(-c3cccc(F)c3)nn2)cc1=O. The lowest BCUT2D eigenvalue weighted by Gasteiger charge is -2.21. The number of halogens is 3. The number of carbonyl (C=O) groups is 2. The number of aromatic nitrogens is 4. The monoisotopic (exact) mass is 619 g/mol. The number of methoxy groups -OCH3 is 1. The average Bonchev–Trinajstić information content (AvgIpc) is 3.48. The van der Waals surface area contributed by atoms with Crippen LogP contribution in [-0.2, 0) is 4.79 Å². The summed E-state index contributed by atoms with van der Waals surface area (Å²) in [7, 11) is 1.41. The van der Waals surface area contributed by atoms with Crippen molar-refractivity contribution in [3.63, 3.8) is 0 Å². The molecule has 1 atom stereocenters. The Labute approximate surface area is 254 Å². The summed E-state index contributed by atoms with van der Waals surface area (Å²) < 4.78 is 36.3. The van der Waals surface area contributed by atoms with Gasteiger partial charge in [0.25, 0.3) is 5.56 Å². The summed E-state index contributed by atoms with van der Waals surface area (Å²) in [4.78, 5) is 37.8. The van der Waals surface area contributed by atoms with Crippen molar-refractivity contribution in [2.45, 2.75) is 19.4 Å². The summed E-state index contributed by atoms with van der Waals surface area (Å²) in [6.07, 6.45) is 3.19. The normalized spacial score (nSPS) is 11.7. The zero-order chi connectivity index (χ0) is 31.5. The second-order valence-corrected chi connectivity index (χ2v) is 10.1. The molecular weight excluding hydrogens is 596 g/mol. The zero-order valence-corrected chi connectivity index (χ0v) is 24.0. The van der Waals surface area contributed by atoms with E-state index in [0.717, 1.165) is 12.1 Å². The van der Waals surface area contributed by atoms with E-state index in [1.54, 1.807) is 43.5 Å². The molecule has 2 N–H and O–H groups in total. The van der Waals surface area contributed by atoms with Gasteiger partial charge >= 0.3 is 5.97 Å². The molecule has 1 amide bonds. The number of pyridine rings is 1. The molecule has 0 fully saturated rings. The number of carboxylic acid groups (broad SMARTS) is 1. The van der Waals surface area contributed by atoms with Crippen molar-refractivity contribution in [2.75, 3.05) is 12.4 Å². The second-order valence-electron chi connectivity index (χ2n) is 9.63. The Morgan fingerprint density at radius 2 is 1.84 bits per heavy atom. The summed E-state index contributed by atoms with van der Waals surface area (Å²) in [5, 5.41) is 20.3. The topological polar surface area (TPSA) is 128 Å². The third kappa shape index (κ3) is 6.06. The van der Waals surface area contributed by atoms with E-state index in [0.29, 0.717) is 33.1 Å². The lowest BCUT2D eigenvalue weighted by molar-refractivity contribution is -0.119. The van der Waals surface area contributed by atoms with Crippen molar-refractivity contribution in [1.82, 2.24) is 19.6 Å². The van der Waals surface area contributed by atoms with Crippen LogP contribution < -0.4 is 15.6 Å². The highest BCUT2D eigenvalue weighted by molar-refractivity contribution is 6.31. The predicted octanol–water partition coefficient (Wildman–Crippen LogP) is 5.99. The first-order chi connectivity index (χ1) is 21.1. The number of anilines is 1. The maximum Gasteiger partial charge on any atom is 0.338 e.